The van der Waals surface area contributed by atoms with Gasteiger partial charge in [-0.3, -0.25) is 4.79 Å². The average molecular weight is 393 g/mol. The summed E-state index contributed by atoms with van der Waals surface area (Å²) in [6.45, 7) is 0. The van der Waals surface area contributed by atoms with Crippen LogP contribution in [-0.2, 0) is 0 Å². The van der Waals surface area contributed by atoms with E-state index in [0.717, 1.165) is 3.57 Å². The van der Waals surface area contributed by atoms with Crippen molar-refractivity contribution in [2.24, 2.45) is 0 Å². The molecular formula is C12H7Cl2IN2O. The van der Waals surface area contributed by atoms with Gasteiger partial charge in [0.15, 0.2) is 0 Å². The topological polar surface area (TPSA) is 42.0 Å². The standard InChI is InChI=1S/C12H7Cl2IN2O/c13-10-6-16-11(14)5-9(10)12(18)17-8-3-1-2-7(15)4-8/h1-6H,(H,17,18). The number of hydrogen-bond acceptors (Lipinski definition) is 2. The highest BCUT2D eigenvalue weighted by Gasteiger charge is 2.12. The Morgan fingerprint density at radius 3 is 2.78 bits per heavy atom. The van der Waals surface area contributed by atoms with Gasteiger partial charge < -0.3 is 5.32 Å². The van der Waals surface area contributed by atoms with Crippen molar-refractivity contribution in [2.45, 2.75) is 0 Å². The van der Waals surface area contributed by atoms with Gasteiger partial charge in [-0.05, 0) is 46.9 Å². The zero-order valence-corrected chi connectivity index (χ0v) is 12.6. The van der Waals surface area contributed by atoms with Crippen LogP contribution in [0.1, 0.15) is 10.4 Å². The van der Waals surface area contributed by atoms with E-state index in [1.165, 1.54) is 12.3 Å². The first-order chi connectivity index (χ1) is 8.56. The third-order valence-corrected chi connectivity index (χ3v) is 3.33. The molecular weight excluding hydrogens is 386 g/mol. The predicted molar refractivity (Wildman–Crippen MR) is 81.4 cm³/mol. The van der Waals surface area contributed by atoms with E-state index in [9.17, 15) is 4.79 Å². The lowest BCUT2D eigenvalue weighted by molar-refractivity contribution is 0.102. The van der Waals surface area contributed by atoms with E-state index < -0.39 is 0 Å². The first-order valence-electron chi connectivity index (χ1n) is 4.94. The number of halogens is 3. The van der Waals surface area contributed by atoms with Crippen LogP contribution in [0.4, 0.5) is 5.69 Å². The van der Waals surface area contributed by atoms with Crippen LogP contribution in [0.3, 0.4) is 0 Å². The van der Waals surface area contributed by atoms with Crippen molar-refractivity contribution in [3.05, 3.63) is 55.8 Å². The Bertz CT molecular complexity index is 604. The molecule has 1 heterocycles. The lowest BCUT2D eigenvalue weighted by Gasteiger charge is -2.07. The highest BCUT2D eigenvalue weighted by molar-refractivity contribution is 14.1. The molecule has 1 N–H and O–H groups in total. The maximum absolute atomic E-state index is 12.0. The minimum Gasteiger partial charge on any atom is -0.322 e. The van der Waals surface area contributed by atoms with Gasteiger partial charge in [-0.25, -0.2) is 4.98 Å². The lowest BCUT2D eigenvalue weighted by Crippen LogP contribution is -2.12. The fraction of sp³-hybridized carbons (Fsp3) is 0. The van der Waals surface area contributed by atoms with Gasteiger partial charge >= 0.3 is 0 Å². The van der Waals surface area contributed by atoms with Crippen LogP contribution in [0.5, 0.6) is 0 Å². The molecule has 1 aromatic heterocycles. The molecule has 1 aromatic carbocycles. The second-order valence-corrected chi connectivity index (χ2v) is 5.49. The smallest absolute Gasteiger partial charge is 0.257 e. The summed E-state index contributed by atoms with van der Waals surface area (Å²) >= 11 is 13.8. The third kappa shape index (κ3) is 3.34. The van der Waals surface area contributed by atoms with Gasteiger partial charge in [-0.1, -0.05) is 29.3 Å². The van der Waals surface area contributed by atoms with E-state index in [2.05, 4.69) is 32.9 Å². The van der Waals surface area contributed by atoms with Gasteiger partial charge in [-0.15, -0.1) is 0 Å². The second kappa shape index (κ2) is 5.86. The molecule has 2 rings (SSSR count). The van der Waals surface area contributed by atoms with Crippen molar-refractivity contribution in [1.82, 2.24) is 4.98 Å². The van der Waals surface area contributed by atoms with Crippen LogP contribution in [-0.4, -0.2) is 10.9 Å². The Labute approximate surface area is 128 Å². The van der Waals surface area contributed by atoms with Gasteiger partial charge in [0, 0.05) is 15.5 Å². The summed E-state index contributed by atoms with van der Waals surface area (Å²) in [5.41, 5.74) is 1.01. The first kappa shape index (κ1) is 13.6. The van der Waals surface area contributed by atoms with E-state index in [4.69, 9.17) is 23.2 Å². The number of aromatic nitrogens is 1. The number of nitrogens with one attached hydrogen (secondary N) is 1. The molecule has 0 aliphatic heterocycles. The number of hydrogen-bond donors (Lipinski definition) is 1. The van der Waals surface area contributed by atoms with Crippen molar-refractivity contribution >= 4 is 57.4 Å². The Balaban J connectivity index is 2.24. The lowest BCUT2D eigenvalue weighted by atomic mass is 10.2. The van der Waals surface area contributed by atoms with E-state index in [0.29, 0.717) is 11.3 Å². The number of anilines is 1. The highest BCUT2D eigenvalue weighted by Crippen LogP contribution is 2.20. The minimum atomic E-state index is -0.314. The second-order valence-electron chi connectivity index (χ2n) is 3.45. The van der Waals surface area contributed by atoms with Crippen LogP contribution in [0.25, 0.3) is 0 Å². The normalized spacial score (nSPS) is 10.2. The van der Waals surface area contributed by atoms with Gasteiger partial charge in [0.2, 0.25) is 0 Å². The molecule has 0 aliphatic rings. The Kier molecular flexibility index (Phi) is 4.42. The van der Waals surface area contributed by atoms with Gasteiger partial charge in [-0.2, -0.15) is 0 Å². The Morgan fingerprint density at radius 1 is 1.28 bits per heavy atom. The van der Waals surface area contributed by atoms with Crippen molar-refractivity contribution < 1.29 is 4.79 Å². The highest BCUT2D eigenvalue weighted by atomic mass is 127. The number of amides is 1. The van der Waals surface area contributed by atoms with Crippen LogP contribution in [0.15, 0.2) is 36.5 Å². The maximum Gasteiger partial charge on any atom is 0.257 e. The Morgan fingerprint density at radius 2 is 2.06 bits per heavy atom. The average Bonchev–Trinajstić information content (AvgIpc) is 2.32. The molecule has 0 saturated heterocycles. The molecule has 1 amide bonds. The molecule has 0 radical (unpaired) electrons. The summed E-state index contributed by atoms with van der Waals surface area (Å²) < 4.78 is 1.03. The SMILES string of the molecule is O=C(Nc1cccc(I)c1)c1cc(Cl)ncc1Cl. The number of carbonyl (C=O) groups is 1. The minimum absolute atomic E-state index is 0.229. The maximum atomic E-state index is 12.0. The number of pyridine rings is 1. The molecule has 0 spiro atoms. The largest absolute Gasteiger partial charge is 0.322 e. The van der Waals surface area contributed by atoms with Crippen LogP contribution >= 0.6 is 45.8 Å². The molecule has 3 nitrogen and oxygen atoms in total. The van der Waals surface area contributed by atoms with E-state index in [1.54, 1.807) is 6.07 Å². The van der Waals surface area contributed by atoms with Crippen molar-refractivity contribution in [3.8, 4) is 0 Å². The van der Waals surface area contributed by atoms with Gasteiger partial charge in [0.05, 0.1) is 10.6 Å². The van der Waals surface area contributed by atoms with Gasteiger partial charge in [0.1, 0.15) is 5.15 Å². The summed E-state index contributed by atoms with van der Waals surface area (Å²) in [5, 5.41) is 3.25. The molecule has 6 heteroatoms. The van der Waals surface area contributed by atoms with E-state index in [1.807, 2.05) is 18.2 Å². The molecule has 18 heavy (non-hydrogen) atoms. The van der Waals surface area contributed by atoms with Crippen LogP contribution in [0, 0.1) is 3.57 Å². The molecule has 0 fully saturated rings. The molecule has 0 aliphatic carbocycles. The molecule has 0 saturated carbocycles. The summed E-state index contributed by atoms with van der Waals surface area (Å²) in [7, 11) is 0. The molecule has 0 unspecified atom stereocenters. The molecule has 92 valence electrons. The fourth-order valence-corrected chi connectivity index (χ4v) is 2.24. The summed E-state index contributed by atoms with van der Waals surface area (Å²) in [5.74, 6) is -0.314. The zero-order chi connectivity index (χ0) is 13.1. The quantitative estimate of drug-likeness (QED) is 0.613. The van der Waals surface area contributed by atoms with Crippen molar-refractivity contribution in [2.75, 3.05) is 5.32 Å². The van der Waals surface area contributed by atoms with Gasteiger partial charge in [0.25, 0.3) is 5.91 Å². The van der Waals surface area contributed by atoms with Crippen molar-refractivity contribution in [3.63, 3.8) is 0 Å². The number of nitrogens with zero attached hydrogens (tertiary/aromatic N) is 1. The molecule has 2 aromatic rings. The summed E-state index contributed by atoms with van der Waals surface area (Å²) in [6.07, 6.45) is 1.35. The number of carbonyl (C=O) groups excluding carboxylic acids is 1. The molecule has 0 atom stereocenters. The predicted octanol–water partition coefficient (Wildman–Crippen LogP) is 4.25. The van der Waals surface area contributed by atoms with Crippen molar-refractivity contribution in [1.29, 1.82) is 0 Å². The van der Waals surface area contributed by atoms with E-state index in [-0.39, 0.29) is 16.1 Å². The third-order valence-electron chi connectivity index (χ3n) is 2.15. The summed E-state index contributed by atoms with van der Waals surface area (Å²) in [4.78, 5) is 15.8. The monoisotopic (exact) mass is 392 g/mol. The number of rotatable bonds is 2. The zero-order valence-electron chi connectivity index (χ0n) is 8.95. The first-order valence-corrected chi connectivity index (χ1v) is 6.77. The number of benzene rings is 1. The Hall–Kier alpha value is -0.850. The van der Waals surface area contributed by atoms with Crippen LogP contribution < -0.4 is 5.32 Å². The van der Waals surface area contributed by atoms with E-state index >= 15 is 0 Å². The summed E-state index contributed by atoms with van der Waals surface area (Å²) in [6, 6.07) is 8.89. The van der Waals surface area contributed by atoms with Crippen LogP contribution in [0.2, 0.25) is 10.2 Å². The molecule has 0 bridgehead atoms. The fourth-order valence-electron chi connectivity index (χ4n) is 1.35.